The molecule has 1 rings (SSSR count). The van der Waals surface area contributed by atoms with Crippen molar-refractivity contribution in [2.24, 2.45) is 0 Å². The van der Waals surface area contributed by atoms with Crippen LogP contribution in [0.15, 0.2) is 24.3 Å². The minimum Gasteiger partial charge on any atom is -0.180 e. The molecule has 0 heterocycles. The monoisotopic (exact) mass is 253 g/mol. The van der Waals surface area contributed by atoms with E-state index in [4.69, 9.17) is 0 Å². The fraction of sp³-hybridized carbons (Fsp3) is 0.400. The van der Waals surface area contributed by atoms with Crippen LogP contribution in [0.3, 0.4) is 0 Å². The molecule has 0 aliphatic heterocycles. The van der Waals surface area contributed by atoms with Crippen molar-refractivity contribution in [3.8, 4) is 0 Å². The summed E-state index contributed by atoms with van der Waals surface area (Å²) in [5.41, 5.74) is 1.51. The van der Waals surface area contributed by atoms with Crippen LogP contribution in [-0.4, -0.2) is 0 Å². The van der Waals surface area contributed by atoms with Crippen molar-refractivity contribution < 1.29 is 21.7 Å². The van der Waals surface area contributed by atoms with Crippen LogP contribution in [0.25, 0.3) is 0 Å². The third-order valence-corrected chi connectivity index (χ3v) is 1.52. The van der Waals surface area contributed by atoms with Gasteiger partial charge >= 0.3 is 0 Å². The van der Waals surface area contributed by atoms with Gasteiger partial charge in [0, 0.05) is 21.7 Å². The van der Waals surface area contributed by atoms with Gasteiger partial charge in [0.05, 0.1) is 0 Å². The zero-order chi connectivity index (χ0) is 7.61. The molecule has 1 aromatic carbocycles. The predicted molar refractivity (Wildman–Crippen MR) is 58.5 cm³/mol. The Hall–Kier alpha value is 0.514. The minimum absolute atomic E-state index is 0. The molecule has 0 fully saturated rings. The number of benzene rings is 1. The van der Waals surface area contributed by atoms with Crippen molar-refractivity contribution in [3.05, 3.63) is 35.9 Å². The van der Waals surface area contributed by atoms with E-state index in [2.05, 4.69) is 39.0 Å². The minimum atomic E-state index is 0. The molecule has 0 saturated carbocycles. The Kier molecular flexibility index (Phi) is 11.6. The predicted octanol–water partition coefficient (Wildman–Crippen LogP) is 3.63. The molecule has 0 amide bonds. The first kappa shape index (κ1) is 19.1. The van der Waals surface area contributed by atoms with E-state index in [1.807, 2.05) is 12.1 Å². The average Bonchev–Trinajstić information content (AvgIpc) is 1.88. The molecule has 0 saturated heterocycles. The SMILES string of the molecule is CC(C)(C)c1[c-]cccc1.Cl.Cl.[Ti]. The van der Waals surface area contributed by atoms with E-state index < -0.39 is 0 Å². The second-order valence-corrected chi connectivity index (χ2v) is 3.53. The van der Waals surface area contributed by atoms with Crippen LogP contribution in [0.1, 0.15) is 26.3 Å². The van der Waals surface area contributed by atoms with E-state index in [0.29, 0.717) is 0 Å². The van der Waals surface area contributed by atoms with Gasteiger partial charge in [0.1, 0.15) is 0 Å². The summed E-state index contributed by atoms with van der Waals surface area (Å²) in [5.74, 6) is 0. The van der Waals surface area contributed by atoms with Crippen LogP contribution in [0.4, 0.5) is 0 Å². The van der Waals surface area contributed by atoms with Gasteiger partial charge in [-0.1, -0.05) is 20.8 Å². The molecule has 13 heavy (non-hydrogen) atoms. The van der Waals surface area contributed by atoms with Crippen LogP contribution in [-0.2, 0) is 27.1 Å². The summed E-state index contributed by atoms with van der Waals surface area (Å²) in [6.07, 6.45) is 0. The summed E-state index contributed by atoms with van der Waals surface area (Å²) in [5, 5.41) is 0. The van der Waals surface area contributed by atoms with E-state index in [0.717, 1.165) is 0 Å². The van der Waals surface area contributed by atoms with Crippen molar-refractivity contribution in [2.75, 3.05) is 0 Å². The van der Waals surface area contributed by atoms with Crippen molar-refractivity contribution in [1.29, 1.82) is 0 Å². The molecule has 3 heteroatoms. The maximum Gasteiger partial charge on any atom is 0 e. The van der Waals surface area contributed by atoms with Crippen LogP contribution in [0.5, 0.6) is 0 Å². The molecule has 74 valence electrons. The van der Waals surface area contributed by atoms with Gasteiger partial charge in [0.25, 0.3) is 0 Å². The summed E-state index contributed by atoms with van der Waals surface area (Å²) in [4.78, 5) is 0. The van der Waals surface area contributed by atoms with E-state index in [1.54, 1.807) is 0 Å². The standard InChI is InChI=1S/C10H13.2ClH.Ti/c1-10(2,3)9-7-5-4-6-8-9;;;/h4-7H,1-3H3;2*1H;/q-1;;;. The molecule has 0 aliphatic rings. The van der Waals surface area contributed by atoms with Gasteiger partial charge in [-0.05, 0) is 5.41 Å². The van der Waals surface area contributed by atoms with Crippen LogP contribution in [0, 0.1) is 6.07 Å². The second-order valence-electron chi connectivity index (χ2n) is 3.53. The molecule has 0 nitrogen and oxygen atoms in total. The Balaban J connectivity index is -0.000000333. The molecule has 0 spiro atoms. The Morgan fingerprint density at radius 3 is 1.85 bits per heavy atom. The van der Waals surface area contributed by atoms with Gasteiger partial charge in [0.2, 0.25) is 0 Å². The van der Waals surface area contributed by atoms with Crippen molar-refractivity contribution in [1.82, 2.24) is 0 Å². The topological polar surface area (TPSA) is 0 Å². The molecular formula is C10H15Cl2Ti-. The maximum absolute atomic E-state index is 3.21. The molecule has 0 aromatic heterocycles. The van der Waals surface area contributed by atoms with Crippen molar-refractivity contribution in [3.63, 3.8) is 0 Å². The Bertz CT molecular complexity index is 204. The van der Waals surface area contributed by atoms with Crippen molar-refractivity contribution in [2.45, 2.75) is 26.2 Å². The van der Waals surface area contributed by atoms with Crippen LogP contribution < -0.4 is 0 Å². The van der Waals surface area contributed by atoms with E-state index in [-0.39, 0.29) is 51.9 Å². The fourth-order valence-corrected chi connectivity index (χ4v) is 0.860. The summed E-state index contributed by atoms with van der Waals surface area (Å²) in [6.45, 7) is 6.58. The molecular weight excluding hydrogens is 239 g/mol. The summed E-state index contributed by atoms with van der Waals surface area (Å²) in [7, 11) is 0. The normalized spacial score (nSPS) is 8.85. The molecule has 0 bridgehead atoms. The maximum atomic E-state index is 3.21. The molecule has 0 aliphatic carbocycles. The zero-order valence-corrected chi connectivity index (χ0v) is 11.3. The Morgan fingerprint density at radius 2 is 1.62 bits per heavy atom. The second kappa shape index (κ2) is 7.88. The zero-order valence-electron chi connectivity index (χ0n) is 8.13. The largest absolute Gasteiger partial charge is 0.180 e. The third kappa shape index (κ3) is 6.57. The third-order valence-electron chi connectivity index (χ3n) is 1.52. The van der Waals surface area contributed by atoms with Gasteiger partial charge in [0.15, 0.2) is 0 Å². The van der Waals surface area contributed by atoms with E-state index in [1.165, 1.54) is 5.56 Å². The summed E-state index contributed by atoms with van der Waals surface area (Å²) < 4.78 is 0. The fourth-order valence-electron chi connectivity index (χ4n) is 0.860. The number of halogens is 2. The Morgan fingerprint density at radius 1 is 1.08 bits per heavy atom. The molecule has 0 unspecified atom stereocenters. The van der Waals surface area contributed by atoms with E-state index in [9.17, 15) is 0 Å². The molecule has 0 atom stereocenters. The first-order valence-electron chi connectivity index (χ1n) is 3.58. The van der Waals surface area contributed by atoms with E-state index >= 15 is 0 Å². The number of hydrogen-bond acceptors (Lipinski definition) is 0. The van der Waals surface area contributed by atoms with Crippen molar-refractivity contribution >= 4 is 24.8 Å². The summed E-state index contributed by atoms with van der Waals surface area (Å²) in [6, 6.07) is 11.3. The average molecular weight is 254 g/mol. The molecule has 1 aromatic rings. The van der Waals surface area contributed by atoms with Gasteiger partial charge in [-0.2, -0.15) is 35.9 Å². The number of hydrogen-bond donors (Lipinski definition) is 0. The molecule has 0 N–H and O–H groups in total. The summed E-state index contributed by atoms with van der Waals surface area (Å²) >= 11 is 0. The van der Waals surface area contributed by atoms with Gasteiger partial charge in [-0.15, -0.1) is 24.8 Å². The molecule has 0 radical (unpaired) electrons. The first-order valence-corrected chi connectivity index (χ1v) is 3.58. The number of rotatable bonds is 0. The van der Waals surface area contributed by atoms with Gasteiger partial charge < -0.3 is 0 Å². The van der Waals surface area contributed by atoms with Gasteiger partial charge in [-0.3, -0.25) is 0 Å². The van der Waals surface area contributed by atoms with Crippen LogP contribution >= 0.6 is 24.8 Å². The van der Waals surface area contributed by atoms with Crippen LogP contribution in [0.2, 0.25) is 0 Å². The quantitative estimate of drug-likeness (QED) is 0.490. The smallest absolute Gasteiger partial charge is 0 e. The first-order chi connectivity index (χ1) is 4.61. The van der Waals surface area contributed by atoms with Gasteiger partial charge in [-0.25, -0.2) is 0 Å². The Labute approximate surface area is 108 Å².